The first-order valence-corrected chi connectivity index (χ1v) is 17.1. The van der Waals surface area contributed by atoms with Crippen LogP contribution in [0.3, 0.4) is 0 Å². The number of hydrogen-bond donors (Lipinski definition) is 14. The number of carboxylic acid groups (broad SMARTS) is 1. The molecule has 302 valence electrons. The molecule has 20 atom stereocenters. The van der Waals surface area contributed by atoms with Crippen molar-refractivity contribution in [3.63, 3.8) is 0 Å². The number of carboxylic acids is 1. The molecule has 4 aliphatic rings. The molecule has 0 bridgehead atoms. The molecule has 4 saturated heterocycles. The second-order valence-electron chi connectivity index (χ2n) is 12.4. The van der Waals surface area contributed by atoms with Crippen LogP contribution < -0.4 is 5.32 Å². The van der Waals surface area contributed by atoms with Crippen molar-refractivity contribution in [3.8, 4) is 0 Å². The van der Waals surface area contributed by atoms with Gasteiger partial charge in [-0.2, -0.15) is 8.42 Å². The van der Waals surface area contributed by atoms with Crippen LogP contribution >= 0.6 is 0 Å². The van der Waals surface area contributed by atoms with E-state index in [2.05, 4.69) is 5.32 Å². The van der Waals surface area contributed by atoms with Crippen molar-refractivity contribution in [1.82, 2.24) is 5.32 Å². The van der Waals surface area contributed by atoms with Gasteiger partial charge in [0.25, 0.3) is 10.1 Å². The van der Waals surface area contributed by atoms with Crippen LogP contribution in [0.25, 0.3) is 0 Å². The van der Waals surface area contributed by atoms with Gasteiger partial charge in [-0.25, -0.2) is 4.79 Å². The molecule has 0 spiro atoms. The maximum absolute atomic E-state index is 12.1. The molecule has 0 aliphatic carbocycles. The Bertz CT molecular complexity index is 1330. The first-order valence-electron chi connectivity index (χ1n) is 15.6. The molecule has 1 amide bonds. The molecule has 0 aromatic heterocycles. The highest BCUT2D eigenvalue weighted by Crippen LogP contribution is 2.35. The number of hydrogen-bond acceptors (Lipinski definition) is 22. The Hall–Kier alpha value is -1.87. The fourth-order valence-electron chi connectivity index (χ4n) is 6.25. The zero-order valence-corrected chi connectivity index (χ0v) is 27.7. The van der Waals surface area contributed by atoms with E-state index in [1.54, 1.807) is 0 Å². The monoisotopic (exact) mass is 785 g/mol. The molecule has 0 aromatic carbocycles. The number of rotatable bonds is 12. The van der Waals surface area contributed by atoms with Gasteiger partial charge in [0.1, 0.15) is 90.6 Å². The third-order valence-corrected chi connectivity index (χ3v) is 10.1. The number of amides is 1. The molecule has 4 aliphatic heterocycles. The molecular weight excluding hydrogens is 742 g/mol. The molecule has 25 nitrogen and oxygen atoms in total. The lowest BCUT2D eigenvalue weighted by molar-refractivity contribution is -0.378. The minimum absolute atomic E-state index is 0.804. The largest absolute Gasteiger partial charge is 0.479 e. The Morgan fingerprint density at radius 2 is 1.13 bits per heavy atom. The van der Waals surface area contributed by atoms with Gasteiger partial charge >= 0.3 is 5.97 Å². The normalized spacial score (nSPS) is 47.5. The zero-order valence-electron chi connectivity index (χ0n) is 26.9. The van der Waals surface area contributed by atoms with Gasteiger partial charge < -0.3 is 99.8 Å². The van der Waals surface area contributed by atoms with Gasteiger partial charge in [0.05, 0.1) is 19.8 Å². The number of aliphatic hydroxyl groups excluding tert-OH is 11. The number of carbonyl (C=O) groups is 2. The van der Waals surface area contributed by atoms with E-state index in [9.17, 15) is 83.8 Å². The summed E-state index contributed by atoms with van der Waals surface area (Å²) in [6.45, 7) is -1.85. The maximum atomic E-state index is 12.1. The summed E-state index contributed by atoms with van der Waals surface area (Å²) in [5.41, 5.74) is 0. The highest BCUT2D eigenvalue weighted by atomic mass is 32.2. The van der Waals surface area contributed by atoms with Gasteiger partial charge in [0.15, 0.2) is 31.3 Å². The van der Waals surface area contributed by atoms with Crippen molar-refractivity contribution in [2.45, 2.75) is 129 Å². The second-order valence-corrected chi connectivity index (χ2v) is 14.0. The molecule has 0 radical (unpaired) electrons. The fourth-order valence-corrected chi connectivity index (χ4v) is 7.23. The van der Waals surface area contributed by atoms with Gasteiger partial charge in [0, 0.05) is 6.92 Å². The van der Waals surface area contributed by atoms with Crippen LogP contribution in [0.2, 0.25) is 0 Å². The first-order chi connectivity index (χ1) is 24.3. The quantitative estimate of drug-likeness (QED) is 0.0817. The summed E-state index contributed by atoms with van der Waals surface area (Å²) in [5, 5.41) is 124. The minimum atomic E-state index is -5.39. The lowest BCUT2D eigenvalue weighted by Crippen LogP contribution is -2.69. The van der Waals surface area contributed by atoms with Gasteiger partial charge in [-0.15, -0.1) is 0 Å². The van der Waals surface area contributed by atoms with Gasteiger partial charge in [0.2, 0.25) is 5.91 Å². The number of aliphatic carboxylic acids is 1. The summed E-state index contributed by atoms with van der Waals surface area (Å²) in [4.78, 5) is 23.8. The summed E-state index contributed by atoms with van der Waals surface area (Å²) in [7, 11) is -5.39. The average molecular weight is 786 g/mol. The van der Waals surface area contributed by atoms with Gasteiger partial charge in [-0.1, -0.05) is 0 Å². The average Bonchev–Trinajstić information content (AvgIpc) is 3.06. The lowest BCUT2D eigenvalue weighted by atomic mass is 9.94. The molecule has 4 rings (SSSR count). The first kappa shape index (κ1) is 42.9. The Kier molecular flexibility index (Phi) is 14.3. The number of carbonyl (C=O) groups excluding carboxylic acids is 1. The molecule has 26 heteroatoms. The predicted molar refractivity (Wildman–Crippen MR) is 155 cm³/mol. The van der Waals surface area contributed by atoms with Crippen LogP contribution in [0.4, 0.5) is 0 Å². The summed E-state index contributed by atoms with van der Waals surface area (Å²) in [5.74, 6) is -2.78. The van der Waals surface area contributed by atoms with E-state index < -0.39 is 164 Å². The molecule has 4 heterocycles. The summed E-state index contributed by atoms with van der Waals surface area (Å²) in [6.07, 6.45) is -36.5. The van der Waals surface area contributed by atoms with Crippen molar-refractivity contribution in [1.29, 1.82) is 0 Å². The molecule has 4 fully saturated rings. The van der Waals surface area contributed by atoms with Crippen LogP contribution in [-0.4, -0.2) is 228 Å². The van der Waals surface area contributed by atoms with E-state index in [4.69, 9.17) is 33.2 Å². The molecule has 0 unspecified atom stereocenters. The van der Waals surface area contributed by atoms with Crippen LogP contribution in [0.15, 0.2) is 0 Å². The highest BCUT2D eigenvalue weighted by Gasteiger charge is 2.58. The fraction of sp³-hybridized carbons (Fsp3) is 0.923. The Morgan fingerprint density at radius 1 is 0.615 bits per heavy atom. The number of aliphatic hydroxyl groups is 11. The lowest BCUT2D eigenvalue weighted by Gasteiger charge is -2.49. The van der Waals surface area contributed by atoms with E-state index in [1.165, 1.54) is 0 Å². The van der Waals surface area contributed by atoms with Crippen molar-refractivity contribution in [3.05, 3.63) is 0 Å². The van der Waals surface area contributed by atoms with E-state index in [0.717, 1.165) is 6.92 Å². The second kappa shape index (κ2) is 17.3. The molecular formula is C26H43NO24S. The molecule has 52 heavy (non-hydrogen) atoms. The Morgan fingerprint density at radius 3 is 1.67 bits per heavy atom. The topological polar surface area (TPSA) is 408 Å². The van der Waals surface area contributed by atoms with Gasteiger partial charge in [-0.3, -0.25) is 9.35 Å². The van der Waals surface area contributed by atoms with Crippen LogP contribution in [0.5, 0.6) is 0 Å². The third-order valence-electron chi connectivity index (χ3n) is 8.89. The van der Waals surface area contributed by atoms with E-state index in [-0.39, 0.29) is 0 Å². The maximum Gasteiger partial charge on any atom is 0.335 e. The van der Waals surface area contributed by atoms with Gasteiger partial charge in [-0.05, 0) is 0 Å². The minimum Gasteiger partial charge on any atom is -0.479 e. The Balaban J connectivity index is 1.58. The van der Waals surface area contributed by atoms with E-state index in [0.29, 0.717) is 0 Å². The summed E-state index contributed by atoms with van der Waals surface area (Å²) in [6, 6.07) is -1.69. The SMILES string of the molecule is CC(=O)N[C@H]1[C@H](O[C@H]2[C@@H](O)[C@H](O)[C@@H](CO)O[C@@H]2O)O[C@H](CO)[C@@H](O[C@@H]2O[C@H](CO)[C@H](O)[C@H](O[C@@H]3O[C@H](C(=O)O)[C@@H](O)[C@H](S(=O)(=O)O)[C@H]3O)[C@H]2O)[C@@H]1O. The van der Waals surface area contributed by atoms with E-state index in [1.807, 2.05) is 0 Å². The van der Waals surface area contributed by atoms with Crippen molar-refractivity contribution >= 4 is 22.0 Å². The smallest absolute Gasteiger partial charge is 0.335 e. The van der Waals surface area contributed by atoms with Crippen LogP contribution in [0, 0.1) is 0 Å². The number of ether oxygens (including phenoxy) is 7. The Labute approximate surface area is 293 Å². The van der Waals surface area contributed by atoms with Crippen molar-refractivity contribution in [2.75, 3.05) is 19.8 Å². The third kappa shape index (κ3) is 8.81. The summed E-state index contributed by atoms with van der Waals surface area (Å²) < 4.78 is 71.1. The molecule has 14 N–H and O–H groups in total. The van der Waals surface area contributed by atoms with Crippen molar-refractivity contribution in [2.24, 2.45) is 0 Å². The summed E-state index contributed by atoms with van der Waals surface area (Å²) >= 11 is 0. The number of nitrogens with one attached hydrogen (secondary N) is 1. The van der Waals surface area contributed by atoms with Crippen LogP contribution in [0.1, 0.15) is 6.92 Å². The standard InChI is InChI=1S/C26H43NO24S/c1-5(31)27-9-12(34)17(8(4-30)47-24(9)51-20-13(35)10(32)6(2-28)45-23(20)41)48-25-15(37)18(11(33)7(3-29)46-25)49-26-16(38)21(52(42,43)44)14(36)19(50-26)22(39)40/h6-21,23-26,28-30,32-38,41H,2-4H2,1H3,(H,27,31)(H,39,40)(H,42,43,44)/t6-,7-,8-,9-,10-,11+,12-,13+,14-,15-,16-,17-,18+,19+,20+,21+,23+,24+,25+,26-/m1/s1. The van der Waals surface area contributed by atoms with Crippen LogP contribution in [-0.2, 0) is 52.9 Å². The zero-order chi connectivity index (χ0) is 39.0. The highest BCUT2D eigenvalue weighted by molar-refractivity contribution is 7.86. The molecule has 0 aromatic rings. The van der Waals surface area contributed by atoms with Crippen molar-refractivity contribution < 1.29 is 117 Å². The molecule has 0 saturated carbocycles. The van der Waals surface area contributed by atoms with E-state index >= 15 is 0 Å². The predicted octanol–water partition coefficient (Wildman–Crippen LogP) is -9.62.